The molecule has 3 aliphatic carbocycles. The van der Waals surface area contributed by atoms with E-state index in [4.69, 9.17) is 23.4 Å². The van der Waals surface area contributed by atoms with E-state index in [9.17, 15) is 29.1 Å². The molecule has 0 unspecified atom stereocenters. The molecule has 1 saturated heterocycles. The van der Waals surface area contributed by atoms with Gasteiger partial charge in [-0.15, -0.1) is 0 Å². The third kappa shape index (κ3) is 4.68. The Bertz CT molecular complexity index is 1500. The predicted octanol–water partition coefficient (Wildman–Crippen LogP) is 4.33. The van der Waals surface area contributed by atoms with Gasteiger partial charge >= 0.3 is 23.9 Å². The first-order valence-corrected chi connectivity index (χ1v) is 15.3. The maximum atomic E-state index is 14.8. The first-order valence-electron chi connectivity index (χ1n) is 15.3. The lowest BCUT2D eigenvalue weighted by Gasteiger charge is -2.66. The largest absolute Gasteiger partial charge is 0.472 e. The Morgan fingerprint density at radius 3 is 2.40 bits per heavy atom. The highest BCUT2D eigenvalue weighted by atomic mass is 16.6. The van der Waals surface area contributed by atoms with E-state index in [2.05, 4.69) is 0 Å². The van der Waals surface area contributed by atoms with Crippen molar-refractivity contribution < 1.29 is 52.4 Å². The average molecular weight is 627 g/mol. The minimum absolute atomic E-state index is 0.0579. The summed E-state index contributed by atoms with van der Waals surface area (Å²) in [5.41, 5.74) is -3.33. The molecule has 3 fully saturated rings. The molecule has 11 heteroatoms. The molecule has 2 heterocycles. The number of esters is 4. The van der Waals surface area contributed by atoms with Gasteiger partial charge in [0.15, 0.2) is 11.4 Å². The molecule has 1 N–H and O–H groups in total. The average Bonchev–Trinajstić information content (AvgIpc) is 3.51. The molecule has 11 nitrogen and oxygen atoms in total. The Labute approximate surface area is 262 Å². The van der Waals surface area contributed by atoms with Gasteiger partial charge in [0.05, 0.1) is 26.1 Å². The van der Waals surface area contributed by atoms with Gasteiger partial charge in [-0.3, -0.25) is 14.4 Å². The fourth-order valence-corrected chi connectivity index (χ4v) is 9.09. The number of cyclic esters (lactones) is 1. The van der Waals surface area contributed by atoms with Crippen LogP contribution in [0.4, 0.5) is 0 Å². The van der Waals surface area contributed by atoms with Crippen LogP contribution in [0, 0.1) is 28.1 Å². The van der Waals surface area contributed by atoms with Crippen molar-refractivity contribution in [3.8, 4) is 0 Å². The van der Waals surface area contributed by atoms with Crippen molar-refractivity contribution in [3.63, 3.8) is 0 Å². The molecule has 0 aromatic carbocycles. The SMILES string of the molecule is C/C=C(\C)C(=O)O[C@H]1C(C)(C)[C@@H]([C@H](OC(C)=O)C(=O)OC)[C@]2(C)C(=O)[C@]1(O)CC1=C3CC(=O)O[C@H](c4ccoc4)[C@]3(C)CC[C@@H]12. The Balaban J connectivity index is 1.79. The minimum Gasteiger partial charge on any atom is -0.472 e. The van der Waals surface area contributed by atoms with Gasteiger partial charge in [-0.25, -0.2) is 9.59 Å². The summed E-state index contributed by atoms with van der Waals surface area (Å²) in [5.74, 6) is -5.08. The van der Waals surface area contributed by atoms with E-state index < -0.39 is 81.7 Å². The standard InChI is InChI=1S/C34H42O11/c1-9-17(2)27(37)45-30-31(4,5)25(24(28(38)41-8)43-18(3)35)33(7)21-10-12-32(6)22(20(21)15-34(30,40)29(33)39)14-23(36)44-26(32)19-11-13-42-16-19/h9,11,13,16,21,24-26,30,40H,10,12,14-15H2,1-8H3/b17-9+/t21-,24-,25+,26+,30-,32+,33+,34+/m0/s1. The van der Waals surface area contributed by atoms with Crippen LogP contribution < -0.4 is 0 Å². The van der Waals surface area contributed by atoms with Crippen LogP contribution in [0.15, 0.2) is 45.8 Å². The number of allylic oxidation sites excluding steroid dienone is 1. The number of Topliss-reactive ketones (excluding diaryl/α,β-unsaturated/α-hetero) is 1. The zero-order valence-corrected chi connectivity index (χ0v) is 27.1. The van der Waals surface area contributed by atoms with E-state index in [-0.39, 0.29) is 18.4 Å². The quantitative estimate of drug-likeness (QED) is 0.208. The summed E-state index contributed by atoms with van der Waals surface area (Å²) in [5, 5.41) is 12.6. The molecule has 244 valence electrons. The van der Waals surface area contributed by atoms with E-state index in [0.29, 0.717) is 24.0 Å². The summed E-state index contributed by atoms with van der Waals surface area (Å²) in [6.45, 7) is 11.5. The third-order valence-corrected chi connectivity index (χ3v) is 11.1. The fourth-order valence-electron chi connectivity index (χ4n) is 9.09. The fraction of sp³-hybridized carbons (Fsp3) is 0.618. The van der Waals surface area contributed by atoms with Crippen molar-refractivity contribution in [1.29, 1.82) is 0 Å². The van der Waals surface area contributed by atoms with E-state index in [1.165, 1.54) is 12.5 Å². The lowest BCUT2D eigenvalue weighted by molar-refractivity contribution is -0.247. The van der Waals surface area contributed by atoms with Crippen LogP contribution in [-0.4, -0.2) is 59.7 Å². The van der Waals surface area contributed by atoms with Crippen molar-refractivity contribution >= 4 is 29.7 Å². The smallest absolute Gasteiger partial charge is 0.347 e. The first-order chi connectivity index (χ1) is 21.0. The van der Waals surface area contributed by atoms with Crippen LogP contribution in [0.3, 0.4) is 0 Å². The van der Waals surface area contributed by atoms with Crippen LogP contribution in [0.1, 0.15) is 85.8 Å². The predicted molar refractivity (Wildman–Crippen MR) is 157 cm³/mol. The Hall–Kier alpha value is -3.73. The van der Waals surface area contributed by atoms with Gasteiger partial charge in [-0.05, 0) is 44.2 Å². The monoisotopic (exact) mass is 626 g/mol. The molecule has 0 spiro atoms. The molecule has 0 amide bonds. The molecule has 1 aliphatic heterocycles. The normalized spacial score (nSPS) is 36.2. The molecule has 1 aromatic rings. The molecule has 2 saturated carbocycles. The molecule has 2 bridgehead atoms. The number of aliphatic hydroxyl groups is 1. The molecular weight excluding hydrogens is 584 g/mol. The van der Waals surface area contributed by atoms with Gasteiger partial charge in [0.2, 0.25) is 6.10 Å². The molecule has 5 rings (SSSR count). The molecule has 1 aromatic heterocycles. The van der Waals surface area contributed by atoms with Crippen molar-refractivity contribution in [2.24, 2.45) is 28.1 Å². The van der Waals surface area contributed by atoms with Gasteiger partial charge in [-0.1, -0.05) is 39.3 Å². The second-order valence-corrected chi connectivity index (χ2v) is 13.9. The van der Waals surface area contributed by atoms with Gasteiger partial charge < -0.3 is 28.5 Å². The Kier molecular flexibility index (Phi) is 7.95. The van der Waals surface area contributed by atoms with Gasteiger partial charge in [0.1, 0.15) is 12.2 Å². The number of furan rings is 1. The summed E-state index contributed by atoms with van der Waals surface area (Å²) in [4.78, 5) is 67.0. The number of hydrogen-bond donors (Lipinski definition) is 1. The maximum Gasteiger partial charge on any atom is 0.347 e. The first kappa shape index (κ1) is 32.7. The number of rotatable bonds is 6. The molecule has 0 radical (unpaired) electrons. The summed E-state index contributed by atoms with van der Waals surface area (Å²) < 4.78 is 27.9. The van der Waals surface area contributed by atoms with E-state index in [0.717, 1.165) is 19.6 Å². The van der Waals surface area contributed by atoms with Crippen LogP contribution in [-0.2, 0) is 42.9 Å². The van der Waals surface area contributed by atoms with E-state index in [1.54, 1.807) is 46.8 Å². The second kappa shape index (κ2) is 11.0. The lowest BCUT2D eigenvalue weighted by atomic mass is 9.39. The van der Waals surface area contributed by atoms with Gasteiger partial charge in [0.25, 0.3) is 0 Å². The summed E-state index contributed by atoms with van der Waals surface area (Å²) in [7, 11) is 1.16. The highest BCUT2D eigenvalue weighted by Crippen LogP contribution is 2.69. The number of fused-ring (bicyclic) bond motifs is 5. The second-order valence-electron chi connectivity index (χ2n) is 13.9. The van der Waals surface area contributed by atoms with E-state index >= 15 is 0 Å². The number of carbonyl (C=O) groups is 5. The Morgan fingerprint density at radius 1 is 1.13 bits per heavy atom. The van der Waals surface area contributed by atoms with Gasteiger partial charge in [-0.2, -0.15) is 0 Å². The number of hydrogen-bond acceptors (Lipinski definition) is 11. The maximum absolute atomic E-state index is 14.8. The molecule has 8 atom stereocenters. The number of methoxy groups -OCH3 is 1. The topological polar surface area (TPSA) is 156 Å². The van der Waals surface area contributed by atoms with Crippen LogP contribution in [0.25, 0.3) is 0 Å². The third-order valence-electron chi connectivity index (χ3n) is 11.1. The Morgan fingerprint density at radius 2 is 1.82 bits per heavy atom. The minimum atomic E-state index is -2.22. The molecule has 45 heavy (non-hydrogen) atoms. The van der Waals surface area contributed by atoms with E-state index in [1.807, 2.05) is 6.92 Å². The van der Waals surface area contributed by atoms with Crippen molar-refractivity contribution in [2.45, 2.75) is 98.1 Å². The summed E-state index contributed by atoms with van der Waals surface area (Å²) in [6, 6.07) is 1.74. The van der Waals surface area contributed by atoms with Crippen LogP contribution in [0.5, 0.6) is 0 Å². The number of carbonyl (C=O) groups excluding carboxylic acids is 5. The molecular formula is C34H42O11. The van der Waals surface area contributed by atoms with Crippen LogP contribution in [0.2, 0.25) is 0 Å². The summed E-state index contributed by atoms with van der Waals surface area (Å²) in [6.07, 6.45) is 1.65. The highest BCUT2D eigenvalue weighted by Gasteiger charge is 2.76. The van der Waals surface area contributed by atoms with Crippen LogP contribution >= 0.6 is 0 Å². The van der Waals surface area contributed by atoms with Crippen molar-refractivity contribution in [2.75, 3.05) is 7.11 Å². The zero-order chi connectivity index (χ0) is 33.3. The number of ether oxygens (including phenoxy) is 4. The number of ketones is 1. The zero-order valence-electron chi connectivity index (χ0n) is 27.1. The van der Waals surface area contributed by atoms with Crippen molar-refractivity contribution in [3.05, 3.63) is 47.0 Å². The lowest BCUT2D eigenvalue weighted by Crippen LogP contribution is -2.77. The highest BCUT2D eigenvalue weighted by molar-refractivity contribution is 5.99. The molecule has 4 aliphatic rings. The summed E-state index contributed by atoms with van der Waals surface area (Å²) >= 11 is 0. The van der Waals surface area contributed by atoms with Gasteiger partial charge in [0, 0.05) is 46.6 Å². The van der Waals surface area contributed by atoms with Crippen molar-refractivity contribution in [1.82, 2.24) is 0 Å².